The second kappa shape index (κ2) is 7.87. The summed E-state index contributed by atoms with van der Waals surface area (Å²) < 4.78 is 0. The predicted molar refractivity (Wildman–Crippen MR) is 118 cm³/mol. The fourth-order valence-corrected chi connectivity index (χ4v) is 4.03. The number of hydrogen-bond donors (Lipinski definition) is 2. The second-order valence-corrected chi connectivity index (χ2v) is 8.18. The van der Waals surface area contributed by atoms with Gasteiger partial charge in [-0.2, -0.15) is 0 Å². The van der Waals surface area contributed by atoms with E-state index in [1.165, 1.54) is 38.2 Å². The van der Waals surface area contributed by atoms with Gasteiger partial charge in [0.05, 0.1) is 10.9 Å². The van der Waals surface area contributed by atoms with Gasteiger partial charge in [0.15, 0.2) is 0 Å². The highest BCUT2D eigenvalue weighted by Crippen LogP contribution is 2.30. The Balaban J connectivity index is 1.18. The van der Waals surface area contributed by atoms with Gasteiger partial charge in [-0.3, -0.25) is 14.7 Å². The fourth-order valence-electron chi connectivity index (χ4n) is 4.03. The summed E-state index contributed by atoms with van der Waals surface area (Å²) in [6.45, 7) is 6.46. The van der Waals surface area contributed by atoms with E-state index in [0.717, 1.165) is 24.6 Å². The zero-order valence-corrected chi connectivity index (χ0v) is 16.6. The number of piperazine rings is 1. The van der Waals surface area contributed by atoms with E-state index in [1.54, 1.807) is 6.07 Å². The van der Waals surface area contributed by atoms with Gasteiger partial charge in [-0.05, 0) is 48.6 Å². The van der Waals surface area contributed by atoms with Crippen LogP contribution in [0, 0.1) is 5.92 Å². The highest BCUT2D eigenvalue weighted by Gasteiger charge is 2.26. The Labute approximate surface area is 170 Å². The van der Waals surface area contributed by atoms with E-state index in [4.69, 9.17) is 0 Å². The SMILES string of the molecule is O=c1[nH]c(NCc2ccc(N3CCN(CC4CC4)CC3)cc2)nc2ccccc12. The molecule has 6 heteroatoms. The summed E-state index contributed by atoms with van der Waals surface area (Å²) in [6.07, 6.45) is 2.86. The highest BCUT2D eigenvalue weighted by molar-refractivity contribution is 5.78. The standard InChI is InChI=1S/C23H27N5O/c29-22-20-3-1-2-4-21(20)25-23(26-22)24-15-17-7-9-19(10-8-17)28-13-11-27(12-14-28)16-18-5-6-18/h1-4,7-10,18H,5-6,11-16H2,(H2,24,25,26,29). The first-order valence-corrected chi connectivity index (χ1v) is 10.5. The van der Waals surface area contributed by atoms with E-state index in [-0.39, 0.29) is 5.56 Å². The summed E-state index contributed by atoms with van der Waals surface area (Å²) in [4.78, 5) is 24.6. The number of rotatable bonds is 6. The summed E-state index contributed by atoms with van der Waals surface area (Å²) >= 11 is 0. The van der Waals surface area contributed by atoms with E-state index in [2.05, 4.69) is 49.4 Å². The summed E-state index contributed by atoms with van der Waals surface area (Å²) in [7, 11) is 0. The van der Waals surface area contributed by atoms with Crippen molar-refractivity contribution in [1.82, 2.24) is 14.9 Å². The van der Waals surface area contributed by atoms with Crippen LogP contribution in [0.1, 0.15) is 18.4 Å². The van der Waals surface area contributed by atoms with E-state index in [0.29, 0.717) is 23.4 Å². The van der Waals surface area contributed by atoms with Crippen molar-refractivity contribution in [3.05, 3.63) is 64.4 Å². The first-order valence-electron chi connectivity index (χ1n) is 10.5. The van der Waals surface area contributed by atoms with Crippen molar-refractivity contribution in [2.45, 2.75) is 19.4 Å². The molecule has 2 aromatic carbocycles. The van der Waals surface area contributed by atoms with Gasteiger partial charge in [-0.15, -0.1) is 0 Å². The van der Waals surface area contributed by atoms with E-state index in [1.807, 2.05) is 18.2 Å². The lowest BCUT2D eigenvalue weighted by molar-refractivity contribution is 0.248. The molecule has 6 nitrogen and oxygen atoms in total. The van der Waals surface area contributed by atoms with Gasteiger partial charge in [0.25, 0.3) is 5.56 Å². The van der Waals surface area contributed by atoms with Gasteiger partial charge in [-0.1, -0.05) is 24.3 Å². The van der Waals surface area contributed by atoms with Gasteiger partial charge < -0.3 is 10.2 Å². The molecular weight excluding hydrogens is 362 g/mol. The van der Waals surface area contributed by atoms with Crippen molar-refractivity contribution in [1.29, 1.82) is 0 Å². The Morgan fingerprint density at radius 1 is 1.00 bits per heavy atom. The van der Waals surface area contributed by atoms with Crippen LogP contribution in [0.3, 0.4) is 0 Å². The quantitative estimate of drug-likeness (QED) is 0.678. The zero-order valence-electron chi connectivity index (χ0n) is 16.6. The third kappa shape index (κ3) is 4.27. The Morgan fingerprint density at radius 2 is 1.76 bits per heavy atom. The number of H-pyrrole nitrogens is 1. The highest BCUT2D eigenvalue weighted by atomic mass is 16.1. The lowest BCUT2D eigenvalue weighted by atomic mass is 10.1. The fraction of sp³-hybridized carbons (Fsp3) is 0.391. The maximum Gasteiger partial charge on any atom is 0.260 e. The van der Waals surface area contributed by atoms with Crippen molar-refractivity contribution in [2.75, 3.05) is 42.9 Å². The van der Waals surface area contributed by atoms with E-state index >= 15 is 0 Å². The minimum Gasteiger partial charge on any atom is -0.369 e. The third-order valence-corrected chi connectivity index (χ3v) is 5.96. The number of aromatic amines is 1. The molecule has 2 N–H and O–H groups in total. The minimum atomic E-state index is -0.116. The van der Waals surface area contributed by atoms with Crippen molar-refractivity contribution >= 4 is 22.5 Å². The van der Waals surface area contributed by atoms with Crippen LogP contribution < -0.4 is 15.8 Å². The number of hydrogen-bond acceptors (Lipinski definition) is 5. The number of para-hydroxylation sites is 1. The molecule has 2 heterocycles. The maximum absolute atomic E-state index is 12.2. The van der Waals surface area contributed by atoms with Crippen molar-refractivity contribution in [3.63, 3.8) is 0 Å². The lowest BCUT2D eigenvalue weighted by Gasteiger charge is -2.36. The van der Waals surface area contributed by atoms with Gasteiger partial charge in [0, 0.05) is 45.0 Å². The molecule has 2 aliphatic rings. The van der Waals surface area contributed by atoms with Crippen LogP contribution in [-0.4, -0.2) is 47.6 Å². The average Bonchev–Trinajstić information content (AvgIpc) is 3.57. The molecular formula is C23H27N5O. The molecule has 5 rings (SSSR count). The molecule has 0 amide bonds. The second-order valence-electron chi connectivity index (χ2n) is 8.18. The predicted octanol–water partition coefficient (Wildman–Crippen LogP) is 3.07. The number of nitrogens with one attached hydrogen (secondary N) is 2. The van der Waals surface area contributed by atoms with Gasteiger partial charge in [-0.25, -0.2) is 4.98 Å². The molecule has 0 spiro atoms. The van der Waals surface area contributed by atoms with E-state index < -0.39 is 0 Å². The first kappa shape index (κ1) is 18.2. The maximum atomic E-state index is 12.2. The summed E-state index contributed by atoms with van der Waals surface area (Å²) in [5.41, 5.74) is 3.04. The zero-order chi connectivity index (χ0) is 19.6. The van der Waals surface area contributed by atoms with Gasteiger partial charge in [0.1, 0.15) is 0 Å². The molecule has 3 aromatic rings. The van der Waals surface area contributed by atoms with Crippen LogP contribution in [-0.2, 0) is 6.54 Å². The van der Waals surface area contributed by atoms with Crippen LogP contribution in [0.4, 0.5) is 11.6 Å². The van der Waals surface area contributed by atoms with Gasteiger partial charge in [0.2, 0.25) is 5.95 Å². The van der Waals surface area contributed by atoms with Gasteiger partial charge >= 0.3 is 0 Å². The van der Waals surface area contributed by atoms with Crippen molar-refractivity contribution in [2.24, 2.45) is 5.92 Å². The Bertz CT molecular complexity index is 1030. The van der Waals surface area contributed by atoms with Crippen LogP contribution in [0.15, 0.2) is 53.3 Å². The molecule has 2 fully saturated rings. The Morgan fingerprint density at radius 3 is 2.52 bits per heavy atom. The molecule has 1 saturated heterocycles. The first-order chi connectivity index (χ1) is 14.2. The lowest BCUT2D eigenvalue weighted by Crippen LogP contribution is -2.47. The Hall–Kier alpha value is -2.86. The third-order valence-electron chi connectivity index (χ3n) is 5.96. The molecule has 0 radical (unpaired) electrons. The molecule has 1 saturated carbocycles. The van der Waals surface area contributed by atoms with Crippen LogP contribution >= 0.6 is 0 Å². The number of anilines is 2. The average molecular weight is 390 g/mol. The Kier molecular flexibility index (Phi) is 4.94. The summed E-state index contributed by atoms with van der Waals surface area (Å²) in [6, 6.07) is 16.1. The normalized spacial score (nSPS) is 17.6. The number of benzene rings is 2. The number of aromatic nitrogens is 2. The molecule has 150 valence electrons. The number of fused-ring (bicyclic) bond motifs is 1. The molecule has 0 bridgehead atoms. The molecule has 1 aliphatic carbocycles. The molecule has 0 unspecified atom stereocenters. The topological polar surface area (TPSA) is 64.3 Å². The molecule has 0 atom stereocenters. The summed E-state index contributed by atoms with van der Waals surface area (Å²) in [5.74, 6) is 1.48. The van der Waals surface area contributed by atoms with Crippen molar-refractivity contribution in [3.8, 4) is 0 Å². The number of nitrogens with zero attached hydrogens (tertiary/aromatic N) is 3. The van der Waals surface area contributed by atoms with Crippen LogP contribution in [0.2, 0.25) is 0 Å². The van der Waals surface area contributed by atoms with Crippen molar-refractivity contribution < 1.29 is 0 Å². The molecule has 29 heavy (non-hydrogen) atoms. The summed E-state index contributed by atoms with van der Waals surface area (Å²) in [5, 5.41) is 3.85. The van der Waals surface area contributed by atoms with Crippen LogP contribution in [0.25, 0.3) is 10.9 Å². The molecule has 1 aromatic heterocycles. The smallest absolute Gasteiger partial charge is 0.260 e. The molecule has 1 aliphatic heterocycles. The largest absolute Gasteiger partial charge is 0.369 e. The van der Waals surface area contributed by atoms with Crippen LogP contribution in [0.5, 0.6) is 0 Å². The monoisotopic (exact) mass is 389 g/mol. The minimum absolute atomic E-state index is 0.116. The van der Waals surface area contributed by atoms with E-state index in [9.17, 15) is 4.79 Å².